The molecule has 1 aromatic carbocycles. The van der Waals surface area contributed by atoms with Crippen molar-refractivity contribution in [2.24, 2.45) is 5.73 Å². The van der Waals surface area contributed by atoms with Gasteiger partial charge in [-0.25, -0.2) is 8.78 Å². The van der Waals surface area contributed by atoms with Gasteiger partial charge in [-0.2, -0.15) is 0 Å². The van der Waals surface area contributed by atoms with Crippen LogP contribution in [0.3, 0.4) is 0 Å². The lowest BCUT2D eigenvalue weighted by Gasteiger charge is -2.39. The Bertz CT molecular complexity index is 394. The third-order valence-corrected chi connectivity index (χ3v) is 3.38. The topological polar surface area (TPSA) is 38.5 Å². The lowest BCUT2D eigenvalue weighted by molar-refractivity contribution is -0.0222. The fourth-order valence-electron chi connectivity index (χ4n) is 2.45. The molecular weight excluding hydrogens is 238 g/mol. The van der Waals surface area contributed by atoms with Crippen LogP contribution in [-0.2, 0) is 4.74 Å². The van der Waals surface area contributed by atoms with Gasteiger partial charge in [0.05, 0.1) is 19.3 Å². The first-order valence-corrected chi connectivity index (χ1v) is 6.12. The zero-order chi connectivity index (χ0) is 13.1. The molecule has 0 radical (unpaired) electrons. The maximum atomic E-state index is 13.8. The molecule has 2 unspecified atom stereocenters. The Morgan fingerprint density at radius 3 is 2.67 bits per heavy atom. The molecule has 0 bridgehead atoms. The van der Waals surface area contributed by atoms with Crippen LogP contribution >= 0.6 is 0 Å². The zero-order valence-electron chi connectivity index (χ0n) is 10.4. The fourth-order valence-corrected chi connectivity index (χ4v) is 2.45. The summed E-state index contributed by atoms with van der Waals surface area (Å²) in [6, 6.07) is 3.57. The summed E-state index contributed by atoms with van der Waals surface area (Å²) in [6.45, 7) is 3.92. The average Bonchev–Trinajstić information content (AvgIpc) is 2.35. The van der Waals surface area contributed by atoms with Gasteiger partial charge in [0.15, 0.2) is 0 Å². The number of ether oxygens (including phenoxy) is 1. The van der Waals surface area contributed by atoms with Gasteiger partial charge >= 0.3 is 0 Å². The second kappa shape index (κ2) is 5.73. The number of hydrogen-bond donors (Lipinski definition) is 1. The molecule has 0 amide bonds. The fraction of sp³-hybridized carbons (Fsp3) is 0.538. The van der Waals surface area contributed by atoms with E-state index in [1.165, 1.54) is 18.2 Å². The van der Waals surface area contributed by atoms with Crippen molar-refractivity contribution in [1.82, 2.24) is 4.90 Å². The highest BCUT2D eigenvalue weighted by atomic mass is 19.1. The highest BCUT2D eigenvalue weighted by molar-refractivity contribution is 5.24. The molecular formula is C13H18F2N2O. The van der Waals surface area contributed by atoms with Crippen molar-refractivity contribution < 1.29 is 13.5 Å². The predicted octanol–water partition coefficient (Wildman–Crippen LogP) is 1.69. The molecule has 0 saturated carbocycles. The van der Waals surface area contributed by atoms with E-state index in [4.69, 9.17) is 10.5 Å². The summed E-state index contributed by atoms with van der Waals surface area (Å²) in [5, 5.41) is 0. The molecule has 0 aromatic heterocycles. The Labute approximate surface area is 106 Å². The van der Waals surface area contributed by atoms with Crippen molar-refractivity contribution in [1.29, 1.82) is 0 Å². The van der Waals surface area contributed by atoms with E-state index >= 15 is 0 Å². The minimum Gasteiger partial charge on any atom is -0.379 e. The van der Waals surface area contributed by atoms with E-state index in [0.29, 0.717) is 19.8 Å². The molecule has 18 heavy (non-hydrogen) atoms. The van der Waals surface area contributed by atoms with Crippen molar-refractivity contribution in [3.8, 4) is 0 Å². The van der Waals surface area contributed by atoms with Crippen LogP contribution in [0.1, 0.15) is 18.5 Å². The molecule has 1 aliphatic heterocycles. The summed E-state index contributed by atoms with van der Waals surface area (Å²) in [7, 11) is 0. The van der Waals surface area contributed by atoms with Crippen LogP contribution in [0.4, 0.5) is 8.78 Å². The summed E-state index contributed by atoms with van der Waals surface area (Å²) < 4.78 is 33.0. The summed E-state index contributed by atoms with van der Waals surface area (Å²) in [6.07, 6.45) is 0. The van der Waals surface area contributed by atoms with E-state index in [0.717, 1.165) is 0 Å². The first-order valence-electron chi connectivity index (χ1n) is 6.12. The number of hydrogen-bond acceptors (Lipinski definition) is 3. The van der Waals surface area contributed by atoms with Gasteiger partial charge in [0, 0.05) is 24.7 Å². The number of nitrogens with two attached hydrogens (primary N) is 1. The molecule has 1 aliphatic rings. The Hall–Kier alpha value is -1.04. The van der Waals surface area contributed by atoms with Crippen LogP contribution in [0.2, 0.25) is 0 Å². The van der Waals surface area contributed by atoms with Gasteiger partial charge in [-0.3, -0.25) is 4.90 Å². The van der Waals surface area contributed by atoms with E-state index in [9.17, 15) is 8.78 Å². The van der Waals surface area contributed by atoms with Gasteiger partial charge in [0.1, 0.15) is 11.6 Å². The molecule has 3 nitrogen and oxygen atoms in total. The maximum absolute atomic E-state index is 13.8. The van der Waals surface area contributed by atoms with Crippen LogP contribution in [0.5, 0.6) is 0 Å². The largest absolute Gasteiger partial charge is 0.379 e. The van der Waals surface area contributed by atoms with Crippen LogP contribution in [0.25, 0.3) is 0 Å². The molecule has 1 heterocycles. The first-order chi connectivity index (χ1) is 8.65. The van der Waals surface area contributed by atoms with Crippen LogP contribution in [-0.4, -0.2) is 37.2 Å². The quantitative estimate of drug-likeness (QED) is 0.894. The monoisotopic (exact) mass is 256 g/mol. The molecule has 1 aromatic rings. The van der Waals surface area contributed by atoms with Crippen molar-refractivity contribution in [2.45, 2.75) is 19.0 Å². The standard InChI is InChI=1S/C13H18F2N2O/c1-9-8-18-6-5-17(9)12(7-16)13-10(14)3-2-4-11(13)15/h2-4,9,12H,5-8,16H2,1H3. The predicted molar refractivity (Wildman–Crippen MR) is 65.1 cm³/mol. The molecule has 2 atom stereocenters. The Kier molecular flexibility index (Phi) is 4.27. The Morgan fingerprint density at radius 1 is 1.44 bits per heavy atom. The normalized spacial score (nSPS) is 23.0. The third kappa shape index (κ3) is 2.53. The number of rotatable bonds is 3. The minimum atomic E-state index is -0.538. The van der Waals surface area contributed by atoms with Gasteiger partial charge in [0.2, 0.25) is 0 Å². The van der Waals surface area contributed by atoms with Gasteiger partial charge in [-0.05, 0) is 19.1 Å². The van der Waals surface area contributed by atoms with Crippen molar-refractivity contribution >= 4 is 0 Å². The Balaban J connectivity index is 2.32. The van der Waals surface area contributed by atoms with Gasteiger partial charge in [0.25, 0.3) is 0 Å². The number of nitrogens with zero attached hydrogens (tertiary/aromatic N) is 1. The van der Waals surface area contributed by atoms with E-state index < -0.39 is 17.7 Å². The minimum absolute atomic E-state index is 0.0637. The van der Waals surface area contributed by atoms with Gasteiger partial charge < -0.3 is 10.5 Å². The third-order valence-electron chi connectivity index (χ3n) is 3.38. The van der Waals surface area contributed by atoms with Crippen molar-refractivity contribution in [2.75, 3.05) is 26.3 Å². The molecule has 2 rings (SSSR count). The van der Waals surface area contributed by atoms with E-state index in [-0.39, 0.29) is 18.2 Å². The highest BCUT2D eigenvalue weighted by Crippen LogP contribution is 2.28. The average molecular weight is 256 g/mol. The molecule has 0 spiro atoms. The SMILES string of the molecule is CC1COCCN1C(CN)c1c(F)cccc1F. The lowest BCUT2D eigenvalue weighted by Crippen LogP contribution is -2.48. The van der Waals surface area contributed by atoms with Gasteiger partial charge in [-0.1, -0.05) is 6.07 Å². The molecule has 5 heteroatoms. The molecule has 1 saturated heterocycles. The molecule has 0 aliphatic carbocycles. The lowest BCUT2D eigenvalue weighted by atomic mass is 10.0. The van der Waals surface area contributed by atoms with Crippen LogP contribution < -0.4 is 5.73 Å². The number of morpholine rings is 1. The molecule has 100 valence electrons. The van der Waals surface area contributed by atoms with Crippen molar-refractivity contribution in [3.63, 3.8) is 0 Å². The zero-order valence-corrected chi connectivity index (χ0v) is 10.4. The second-order valence-electron chi connectivity index (χ2n) is 4.55. The highest BCUT2D eigenvalue weighted by Gasteiger charge is 2.30. The van der Waals surface area contributed by atoms with Crippen LogP contribution in [0.15, 0.2) is 18.2 Å². The molecule has 2 N–H and O–H groups in total. The van der Waals surface area contributed by atoms with Gasteiger partial charge in [-0.15, -0.1) is 0 Å². The smallest absolute Gasteiger partial charge is 0.130 e. The summed E-state index contributed by atoms with van der Waals surface area (Å²) >= 11 is 0. The number of halogens is 2. The summed E-state index contributed by atoms with van der Waals surface area (Å²) in [5.41, 5.74) is 5.78. The van der Waals surface area contributed by atoms with E-state index in [1.54, 1.807) is 0 Å². The Morgan fingerprint density at radius 2 is 2.11 bits per heavy atom. The maximum Gasteiger partial charge on any atom is 0.130 e. The van der Waals surface area contributed by atoms with E-state index in [2.05, 4.69) is 0 Å². The van der Waals surface area contributed by atoms with E-state index in [1.807, 2.05) is 11.8 Å². The summed E-state index contributed by atoms with van der Waals surface area (Å²) in [5.74, 6) is -1.08. The molecule has 1 fully saturated rings. The first kappa shape index (κ1) is 13.4. The van der Waals surface area contributed by atoms with Crippen molar-refractivity contribution in [3.05, 3.63) is 35.4 Å². The summed E-state index contributed by atoms with van der Waals surface area (Å²) in [4.78, 5) is 2.00. The second-order valence-corrected chi connectivity index (χ2v) is 4.55. The number of benzene rings is 1. The van der Waals surface area contributed by atoms with Crippen LogP contribution in [0, 0.1) is 11.6 Å².